The maximum Gasteiger partial charge on any atom is 0.335 e. The second kappa shape index (κ2) is 7.33. The molecule has 0 saturated heterocycles. The Labute approximate surface area is 152 Å². The molecule has 1 amide bonds. The molecule has 2 aromatic rings. The topological polar surface area (TPSA) is 78.4 Å². The maximum atomic E-state index is 13.8. The van der Waals surface area contributed by atoms with Crippen LogP contribution in [0.2, 0.25) is 5.02 Å². The number of hydrogen-bond acceptors (Lipinski definition) is 4. The smallest absolute Gasteiger partial charge is 0.335 e. The molecule has 0 bridgehead atoms. The van der Waals surface area contributed by atoms with Crippen LogP contribution in [0.4, 0.5) is 15.8 Å². The fraction of sp³-hybridized carbons (Fsp3) is 0.176. The van der Waals surface area contributed by atoms with Gasteiger partial charge in [0.25, 0.3) is 0 Å². The number of hydrogen-bond donors (Lipinski definition) is 3. The molecule has 2 aromatic carbocycles. The lowest BCUT2D eigenvalue weighted by molar-refractivity contribution is -0.116. The molecule has 0 aromatic heterocycles. The van der Waals surface area contributed by atoms with Crippen molar-refractivity contribution in [2.45, 2.75) is 11.8 Å². The minimum atomic E-state index is -1.06. The second-order valence-corrected chi connectivity index (χ2v) is 6.90. The number of nitrogens with one attached hydrogen (secondary N) is 2. The molecule has 0 saturated carbocycles. The van der Waals surface area contributed by atoms with Crippen LogP contribution in [0.3, 0.4) is 0 Å². The van der Waals surface area contributed by atoms with E-state index in [2.05, 4.69) is 10.6 Å². The molecule has 0 aliphatic carbocycles. The molecule has 1 unspecified atom stereocenters. The highest BCUT2D eigenvalue weighted by Crippen LogP contribution is 2.30. The van der Waals surface area contributed by atoms with E-state index in [1.165, 1.54) is 30.0 Å². The predicted octanol–water partition coefficient (Wildman–Crippen LogP) is 3.84. The van der Waals surface area contributed by atoms with Gasteiger partial charge in [-0.1, -0.05) is 17.7 Å². The number of rotatable bonds is 5. The van der Waals surface area contributed by atoms with Crippen LogP contribution in [-0.2, 0) is 10.5 Å². The van der Waals surface area contributed by atoms with Gasteiger partial charge in [0.15, 0.2) is 0 Å². The predicted molar refractivity (Wildman–Crippen MR) is 97.0 cm³/mol. The van der Waals surface area contributed by atoms with Gasteiger partial charge in [-0.25, -0.2) is 9.18 Å². The Balaban J connectivity index is 1.65. The van der Waals surface area contributed by atoms with Crippen LogP contribution in [0, 0.1) is 5.82 Å². The summed E-state index contributed by atoms with van der Waals surface area (Å²) in [5.74, 6) is -0.926. The summed E-state index contributed by atoms with van der Waals surface area (Å²) >= 11 is 7.38. The molecule has 1 aliphatic rings. The van der Waals surface area contributed by atoms with Crippen molar-refractivity contribution in [1.82, 2.24) is 0 Å². The van der Waals surface area contributed by atoms with E-state index >= 15 is 0 Å². The van der Waals surface area contributed by atoms with Crippen LogP contribution in [0.15, 0.2) is 36.4 Å². The van der Waals surface area contributed by atoms with Crippen molar-refractivity contribution < 1.29 is 19.1 Å². The van der Waals surface area contributed by atoms with Gasteiger partial charge in [0.05, 0.1) is 16.9 Å². The minimum Gasteiger partial charge on any atom is -0.478 e. The molecular formula is C17H14ClFN2O3S. The van der Waals surface area contributed by atoms with E-state index in [-0.39, 0.29) is 17.3 Å². The maximum absolute atomic E-state index is 13.8. The Morgan fingerprint density at radius 2 is 2.08 bits per heavy atom. The number of amides is 1. The third kappa shape index (κ3) is 3.88. The number of carbonyl (C=O) groups excluding carboxylic acids is 1. The van der Waals surface area contributed by atoms with E-state index in [0.717, 1.165) is 0 Å². The van der Waals surface area contributed by atoms with E-state index in [1.54, 1.807) is 18.2 Å². The van der Waals surface area contributed by atoms with Crippen molar-refractivity contribution >= 4 is 46.6 Å². The van der Waals surface area contributed by atoms with Crippen LogP contribution in [-0.4, -0.2) is 28.8 Å². The SMILES string of the molecule is O=C(O)c1ccc2c(c1)NC(=O)C(CSCc1c(F)cccc1Cl)N2. The number of carboxylic acids is 1. The minimum absolute atomic E-state index is 0.0999. The van der Waals surface area contributed by atoms with Crippen LogP contribution in [0.25, 0.3) is 0 Å². The number of thioether (sulfide) groups is 1. The van der Waals surface area contributed by atoms with Crippen LogP contribution in [0.1, 0.15) is 15.9 Å². The van der Waals surface area contributed by atoms with Gasteiger partial charge in [-0.3, -0.25) is 4.79 Å². The Bertz CT molecular complexity index is 826. The van der Waals surface area contributed by atoms with Gasteiger partial charge in [-0.2, -0.15) is 11.8 Å². The molecule has 8 heteroatoms. The molecular weight excluding hydrogens is 367 g/mol. The quantitative estimate of drug-likeness (QED) is 0.734. The zero-order valence-corrected chi connectivity index (χ0v) is 14.5. The summed E-state index contributed by atoms with van der Waals surface area (Å²) in [6.45, 7) is 0. The van der Waals surface area contributed by atoms with Crippen molar-refractivity contribution in [3.8, 4) is 0 Å². The summed E-state index contributed by atoms with van der Waals surface area (Å²) in [4.78, 5) is 23.2. The first-order valence-corrected chi connectivity index (χ1v) is 8.94. The van der Waals surface area contributed by atoms with E-state index in [1.807, 2.05) is 0 Å². The molecule has 1 aliphatic heterocycles. The van der Waals surface area contributed by atoms with Crippen molar-refractivity contribution in [3.63, 3.8) is 0 Å². The van der Waals surface area contributed by atoms with Gasteiger partial charge in [-0.05, 0) is 30.3 Å². The van der Waals surface area contributed by atoms with Crippen molar-refractivity contribution in [1.29, 1.82) is 0 Å². The zero-order chi connectivity index (χ0) is 18.0. The summed E-state index contributed by atoms with van der Waals surface area (Å²) in [5.41, 5.74) is 1.60. The Morgan fingerprint density at radius 1 is 1.28 bits per heavy atom. The lowest BCUT2D eigenvalue weighted by Crippen LogP contribution is -2.40. The summed E-state index contributed by atoms with van der Waals surface area (Å²) in [6.07, 6.45) is 0. The van der Waals surface area contributed by atoms with Crippen LogP contribution in [0.5, 0.6) is 0 Å². The summed E-state index contributed by atoms with van der Waals surface area (Å²) in [6, 6.07) is 8.51. The number of carboxylic acid groups (broad SMARTS) is 1. The van der Waals surface area contributed by atoms with E-state index in [4.69, 9.17) is 16.7 Å². The molecule has 3 rings (SSSR count). The molecule has 1 heterocycles. The Morgan fingerprint density at radius 3 is 2.80 bits per heavy atom. The number of anilines is 2. The third-order valence-corrected chi connectivity index (χ3v) is 5.18. The largest absolute Gasteiger partial charge is 0.478 e. The van der Waals surface area contributed by atoms with Crippen LogP contribution >= 0.6 is 23.4 Å². The molecule has 5 nitrogen and oxygen atoms in total. The normalized spacial score (nSPS) is 15.9. The highest BCUT2D eigenvalue weighted by Gasteiger charge is 2.26. The Kier molecular flexibility index (Phi) is 5.15. The lowest BCUT2D eigenvalue weighted by atomic mass is 10.1. The van der Waals surface area contributed by atoms with E-state index in [9.17, 15) is 14.0 Å². The van der Waals surface area contributed by atoms with Crippen molar-refractivity contribution in [2.24, 2.45) is 0 Å². The fourth-order valence-electron chi connectivity index (χ4n) is 2.45. The molecule has 0 spiro atoms. The summed E-state index contributed by atoms with van der Waals surface area (Å²) < 4.78 is 13.8. The average Bonchev–Trinajstić information content (AvgIpc) is 2.57. The number of benzene rings is 2. The molecule has 3 N–H and O–H groups in total. The van der Waals surface area contributed by atoms with E-state index < -0.39 is 12.0 Å². The van der Waals surface area contributed by atoms with Gasteiger partial charge in [-0.15, -0.1) is 0 Å². The monoisotopic (exact) mass is 380 g/mol. The summed E-state index contributed by atoms with van der Waals surface area (Å²) in [5, 5.41) is 15.1. The van der Waals surface area contributed by atoms with E-state index in [0.29, 0.717) is 33.5 Å². The fourth-order valence-corrected chi connectivity index (χ4v) is 3.84. The second-order valence-electron chi connectivity index (χ2n) is 5.47. The molecule has 0 fully saturated rings. The molecule has 130 valence electrons. The number of carbonyl (C=O) groups is 2. The average molecular weight is 381 g/mol. The number of fused-ring (bicyclic) bond motifs is 1. The van der Waals surface area contributed by atoms with Gasteiger partial charge in [0, 0.05) is 22.1 Å². The van der Waals surface area contributed by atoms with Gasteiger partial charge < -0.3 is 15.7 Å². The first-order chi connectivity index (χ1) is 12.0. The van der Waals surface area contributed by atoms with Crippen LogP contribution < -0.4 is 10.6 Å². The number of aromatic carboxylic acids is 1. The zero-order valence-electron chi connectivity index (χ0n) is 12.9. The van der Waals surface area contributed by atoms with Crippen molar-refractivity contribution in [2.75, 3.05) is 16.4 Å². The Hall–Kier alpha value is -2.25. The number of halogens is 2. The highest BCUT2D eigenvalue weighted by atomic mass is 35.5. The first kappa shape index (κ1) is 17.6. The molecule has 0 radical (unpaired) electrons. The first-order valence-electron chi connectivity index (χ1n) is 7.41. The molecule has 1 atom stereocenters. The standard InChI is InChI=1S/C17H14ClFN2O3S/c18-11-2-1-3-12(19)10(11)7-25-8-15-16(22)21-14-6-9(17(23)24)4-5-13(14)20-15/h1-6,15,20H,7-8H2,(H,21,22)(H,23,24). The molecule has 25 heavy (non-hydrogen) atoms. The third-order valence-electron chi connectivity index (χ3n) is 3.76. The van der Waals surface area contributed by atoms with Gasteiger partial charge in [0.2, 0.25) is 5.91 Å². The lowest BCUT2D eigenvalue weighted by Gasteiger charge is -2.26. The highest BCUT2D eigenvalue weighted by molar-refractivity contribution is 7.98. The van der Waals surface area contributed by atoms with Gasteiger partial charge >= 0.3 is 5.97 Å². The van der Waals surface area contributed by atoms with Gasteiger partial charge in [0.1, 0.15) is 11.9 Å². The van der Waals surface area contributed by atoms with Crippen molar-refractivity contribution in [3.05, 3.63) is 58.4 Å². The summed E-state index contributed by atoms with van der Waals surface area (Å²) in [7, 11) is 0.